The molecular weight excluding hydrogens is 302 g/mol. The molecule has 2 heterocycles. The molecule has 1 aromatic carbocycles. The molecule has 0 aliphatic carbocycles. The van der Waals surface area contributed by atoms with Crippen molar-refractivity contribution < 1.29 is 14.3 Å². The Balaban J connectivity index is 1.64. The van der Waals surface area contributed by atoms with Gasteiger partial charge in [-0.05, 0) is 25.1 Å². The summed E-state index contributed by atoms with van der Waals surface area (Å²) < 4.78 is 12.0. The van der Waals surface area contributed by atoms with E-state index in [1.54, 1.807) is 0 Å². The maximum Gasteiger partial charge on any atom is 0.228 e. The fourth-order valence-corrected chi connectivity index (χ4v) is 3.25. The Bertz CT molecular complexity index is 653. The molecule has 1 atom stereocenters. The van der Waals surface area contributed by atoms with Crippen molar-refractivity contribution in [1.82, 2.24) is 10.3 Å². The van der Waals surface area contributed by atoms with Crippen LogP contribution in [-0.2, 0) is 9.53 Å². The molecule has 118 valence electrons. The number of carbonyl (C=O) groups is 1. The summed E-state index contributed by atoms with van der Waals surface area (Å²) in [4.78, 5) is 16.5. The van der Waals surface area contributed by atoms with Gasteiger partial charge in [-0.2, -0.15) is 0 Å². The fraction of sp³-hybridized carbons (Fsp3) is 0.467. The number of benzene rings is 1. The van der Waals surface area contributed by atoms with Gasteiger partial charge >= 0.3 is 0 Å². The molecule has 0 saturated carbocycles. The molecular formula is C15H19N3O3S. The zero-order valence-electron chi connectivity index (χ0n) is 12.4. The Morgan fingerprint density at radius 3 is 3.27 bits per heavy atom. The first-order chi connectivity index (χ1) is 10.7. The Hall–Kier alpha value is -1.70. The molecule has 1 saturated heterocycles. The molecule has 1 unspecified atom stereocenters. The Morgan fingerprint density at radius 1 is 1.59 bits per heavy atom. The Labute approximate surface area is 132 Å². The molecule has 6 nitrogen and oxygen atoms in total. The van der Waals surface area contributed by atoms with Gasteiger partial charge in [-0.15, -0.1) is 0 Å². The van der Waals surface area contributed by atoms with E-state index in [-0.39, 0.29) is 12.0 Å². The number of hydrogen-bond acceptors (Lipinski definition) is 6. The van der Waals surface area contributed by atoms with Gasteiger partial charge in [0, 0.05) is 13.1 Å². The van der Waals surface area contributed by atoms with E-state index in [1.807, 2.05) is 25.1 Å². The van der Waals surface area contributed by atoms with Gasteiger partial charge in [0.15, 0.2) is 5.13 Å². The number of fused-ring (bicyclic) bond motifs is 1. The highest BCUT2D eigenvalue weighted by atomic mass is 32.1. The summed E-state index contributed by atoms with van der Waals surface area (Å²) in [7, 11) is 0. The van der Waals surface area contributed by atoms with Crippen LogP contribution in [-0.4, -0.2) is 43.3 Å². The van der Waals surface area contributed by atoms with E-state index in [9.17, 15) is 4.79 Å². The second-order valence-corrected chi connectivity index (χ2v) is 6.06. The summed E-state index contributed by atoms with van der Waals surface area (Å²) in [6.45, 7) is 4.79. The van der Waals surface area contributed by atoms with E-state index in [2.05, 4.69) is 15.6 Å². The minimum atomic E-state index is -0.0715. The minimum Gasteiger partial charge on any atom is -0.494 e. The van der Waals surface area contributed by atoms with E-state index in [0.29, 0.717) is 31.3 Å². The molecule has 7 heteroatoms. The zero-order valence-corrected chi connectivity index (χ0v) is 13.2. The summed E-state index contributed by atoms with van der Waals surface area (Å²) in [5, 5.41) is 6.67. The second-order valence-electron chi connectivity index (χ2n) is 5.03. The lowest BCUT2D eigenvalue weighted by molar-refractivity contribution is -0.119. The number of thiazole rings is 1. The highest BCUT2D eigenvalue weighted by Gasteiger charge is 2.18. The van der Waals surface area contributed by atoms with Gasteiger partial charge in [-0.1, -0.05) is 11.3 Å². The number of morpholine rings is 1. The standard InChI is InChI=1S/C15H19N3O3S/c1-2-20-10-3-4-12-13(7-10)22-15(17-12)18-14(19)8-11-9-16-5-6-21-11/h3-4,7,11,16H,2,5-6,8-9H2,1H3,(H,17,18,19). The van der Waals surface area contributed by atoms with E-state index in [0.717, 1.165) is 22.5 Å². The van der Waals surface area contributed by atoms with Crippen molar-refractivity contribution in [3.8, 4) is 5.75 Å². The van der Waals surface area contributed by atoms with E-state index >= 15 is 0 Å². The van der Waals surface area contributed by atoms with Gasteiger partial charge < -0.3 is 20.1 Å². The highest BCUT2D eigenvalue weighted by molar-refractivity contribution is 7.22. The number of nitrogens with zero attached hydrogens (tertiary/aromatic N) is 1. The molecule has 1 fully saturated rings. The SMILES string of the molecule is CCOc1ccc2nc(NC(=O)CC3CNCCO3)sc2c1. The van der Waals surface area contributed by atoms with Crippen LogP contribution in [0.3, 0.4) is 0 Å². The second kappa shape index (κ2) is 7.04. The maximum atomic E-state index is 12.1. The van der Waals surface area contributed by atoms with Crippen LogP contribution in [0, 0.1) is 0 Å². The van der Waals surface area contributed by atoms with Crippen molar-refractivity contribution >= 4 is 32.6 Å². The average molecular weight is 321 g/mol. The maximum absolute atomic E-state index is 12.1. The Kier molecular flexibility index (Phi) is 4.87. The first kappa shape index (κ1) is 15.2. The zero-order chi connectivity index (χ0) is 15.4. The number of nitrogens with one attached hydrogen (secondary N) is 2. The Morgan fingerprint density at radius 2 is 2.50 bits per heavy atom. The molecule has 22 heavy (non-hydrogen) atoms. The van der Waals surface area contributed by atoms with Gasteiger partial charge in [0.25, 0.3) is 0 Å². The van der Waals surface area contributed by atoms with Crippen molar-refractivity contribution in [2.24, 2.45) is 0 Å². The normalized spacial score (nSPS) is 18.3. The first-order valence-corrected chi connectivity index (χ1v) is 8.22. The van der Waals surface area contributed by atoms with Gasteiger partial charge in [0.05, 0.1) is 36.0 Å². The van der Waals surface area contributed by atoms with Crippen LogP contribution in [0.1, 0.15) is 13.3 Å². The molecule has 3 rings (SSSR count). The van der Waals surface area contributed by atoms with Gasteiger partial charge in [0.1, 0.15) is 5.75 Å². The monoisotopic (exact) mass is 321 g/mol. The molecule has 0 bridgehead atoms. The lowest BCUT2D eigenvalue weighted by Crippen LogP contribution is -2.40. The molecule has 1 amide bonds. The summed E-state index contributed by atoms with van der Waals surface area (Å²) >= 11 is 1.45. The topological polar surface area (TPSA) is 72.5 Å². The third kappa shape index (κ3) is 3.73. The predicted molar refractivity (Wildman–Crippen MR) is 86.6 cm³/mol. The van der Waals surface area contributed by atoms with Crippen molar-refractivity contribution in [2.75, 3.05) is 31.6 Å². The molecule has 1 aliphatic heterocycles. The van der Waals surface area contributed by atoms with Gasteiger partial charge in [-0.25, -0.2) is 4.98 Å². The summed E-state index contributed by atoms with van der Waals surface area (Å²) in [5.41, 5.74) is 0.860. The van der Waals surface area contributed by atoms with Crippen LogP contribution in [0.5, 0.6) is 5.75 Å². The number of carbonyl (C=O) groups excluding carboxylic acids is 1. The van der Waals surface area contributed by atoms with Gasteiger partial charge in [0.2, 0.25) is 5.91 Å². The van der Waals surface area contributed by atoms with E-state index in [1.165, 1.54) is 11.3 Å². The number of rotatable bonds is 5. The number of hydrogen-bond donors (Lipinski definition) is 2. The number of amides is 1. The van der Waals surface area contributed by atoms with Crippen LogP contribution in [0.15, 0.2) is 18.2 Å². The first-order valence-electron chi connectivity index (χ1n) is 7.40. The molecule has 0 spiro atoms. The highest BCUT2D eigenvalue weighted by Crippen LogP contribution is 2.29. The summed E-state index contributed by atoms with van der Waals surface area (Å²) in [5.74, 6) is 0.746. The largest absolute Gasteiger partial charge is 0.494 e. The molecule has 2 aromatic rings. The molecule has 1 aliphatic rings. The third-order valence-corrected chi connectivity index (χ3v) is 4.27. The molecule has 1 aromatic heterocycles. The smallest absolute Gasteiger partial charge is 0.228 e. The third-order valence-electron chi connectivity index (χ3n) is 3.33. The minimum absolute atomic E-state index is 0.0623. The molecule has 0 radical (unpaired) electrons. The number of aromatic nitrogens is 1. The summed E-state index contributed by atoms with van der Waals surface area (Å²) in [6, 6.07) is 5.74. The van der Waals surface area contributed by atoms with Crippen molar-refractivity contribution in [1.29, 1.82) is 0 Å². The van der Waals surface area contributed by atoms with Gasteiger partial charge in [-0.3, -0.25) is 4.79 Å². The van der Waals surface area contributed by atoms with Crippen molar-refractivity contribution in [3.63, 3.8) is 0 Å². The lowest BCUT2D eigenvalue weighted by Gasteiger charge is -2.22. The predicted octanol–water partition coefficient (Wildman–Crippen LogP) is 2.01. The van der Waals surface area contributed by atoms with E-state index in [4.69, 9.17) is 9.47 Å². The van der Waals surface area contributed by atoms with Crippen LogP contribution < -0.4 is 15.4 Å². The fourth-order valence-electron chi connectivity index (χ4n) is 2.34. The summed E-state index contributed by atoms with van der Waals surface area (Å²) in [6.07, 6.45) is 0.278. The van der Waals surface area contributed by atoms with Crippen LogP contribution >= 0.6 is 11.3 Å². The van der Waals surface area contributed by atoms with Crippen LogP contribution in [0.4, 0.5) is 5.13 Å². The van der Waals surface area contributed by atoms with Crippen molar-refractivity contribution in [3.05, 3.63) is 18.2 Å². The quantitative estimate of drug-likeness (QED) is 0.881. The lowest BCUT2D eigenvalue weighted by atomic mass is 10.2. The van der Waals surface area contributed by atoms with Crippen LogP contribution in [0.2, 0.25) is 0 Å². The van der Waals surface area contributed by atoms with Crippen LogP contribution in [0.25, 0.3) is 10.2 Å². The average Bonchev–Trinajstić information content (AvgIpc) is 2.89. The number of ether oxygens (including phenoxy) is 2. The molecule has 2 N–H and O–H groups in total. The number of anilines is 1. The van der Waals surface area contributed by atoms with E-state index < -0.39 is 0 Å². The van der Waals surface area contributed by atoms with Crippen molar-refractivity contribution in [2.45, 2.75) is 19.4 Å².